The molecule has 1 saturated heterocycles. The van der Waals surface area contributed by atoms with Gasteiger partial charge in [0.1, 0.15) is 5.75 Å². The van der Waals surface area contributed by atoms with Crippen molar-refractivity contribution in [1.29, 1.82) is 0 Å². The number of hydrogen-bond acceptors (Lipinski definition) is 3. The first-order valence-corrected chi connectivity index (χ1v) is 8.95. The normalized spacial score (nSPS) is 15.8. The highest BCUT2D eigenvalue weighted by Gasteiger charge is 2.28. The van der Waals surface area contributed by atoms with Crippen LogP contribution in [0.3, 0.4) is 0 Å². The van der Waals surface area contributed by atoms with Gasteiger partial charge in [0.15, 0.2) is 6.61 Å². The maximum Gasteiger partial charge on any atom is 0.260 e. The van der Waals surface area contributed by atoms with Gasteiger partial charge in [0.05, 0.1) is 0 Å². The molecule has 0 aromatic heterocycles. The standard InChI is InChI=1S/C20H30N2O3/c1-14-6-7-17(15(2)12-14)25-13-18(23)22-10-8-16(9-11-22)21-19(24)20(3,4)5/h6-7,12,16H,8-11,13H2,1-5H3,(H,21,24). The second-order valence-electron chi connectivity index (χ2n) is 7.94. The van der Waals surface area contributed by atoms with Crippen LogP contribution in [0.15, 0.2) is 18.2 Å². The van der Waals surface area contributed by atoms with E-state index in [0.717, 1.165) is 24.2 Å². The van der Waals surface area contributed by atoms with Crippen molar-refractivity contribution < 1.29 is 14.3 Å². The Morgan fingerprint density at radius 2 is 1.84 bits per heavy atom. The fraction of sp³-hybridized carbons (Fsp3) is 0.600. The molecule has 1 N–H and O–H groups in total. The zero-order valence-corrected chi connectivity index (χ0v) is 16.0. The highest BCUT2D eigenvalue weighted by molar-refractivity contribution is 5.81. The largest absolute Gasteiger partial charge is 0.484 e. The number of ether oxygens (including phenoxy) is 1. The van der Waals surface area contributed by atoms with E-state index in [4.69, 9.17) is 4.74 Å². The molecule has 1 aromatic carbocycles. The molecule has 1 aromatic rings. The monoisotopic (exact) mass is 346 g/mol. The molecule has 0 unspecified atom stereocenters. The predicted octanol–water partition coefficient (Wildman–Crippen LogP) is 2.84. The van der Waals surface area contributed by atoms with Crippen molar-refractivity contribution in [2.24, 2.45) is 5.41 Å². The molecule has 5 nitrogen and oxygen atoms in total. The topological polar surface area (TPSA) is 58.6 Å². The summed E-state index contributed by atoms with van der Waals surface area (Å²) in [5, 5.41) is 3.08. The second-order valence-corrected chi connectivity index (χ2v) is 7.94. The summed E-state index contributed by atoms with van der Waals surface area (Å²) in [5.74, 6) is 0.822. The molecule has 1 fully saturated rings. The third-order valence-electron chi connectivity index (χ3n) is 4.55. The lowest BCUT2D eigenvalue weighted by Crippen LogP contribution is -2.49. The number of carbonyl (C=O) groups excluding carboxylic acids is 2. The summed E-state index contributed by atoms with van der Waals surface area (Å²) >= 11 is 0. The second kappa shape index (κ2) is 7.89. The number of carbonyl (C=O) groups is 2. The van der Waals surface area contributed by atoms with E-state index in [2.05, 4.69) is 5.32 Å². The molecule has 0 saturated carbocycles. The van der Waals surface area contributed by atoms with Crippen LogP contribution in [-0.4, -0.2) is 42.5 Å². The Morgan fingerprint density at radius 3 is 2.40 bits per heavy atom. The number of amides is 2. The molecule has 1 aliphatic heterocycles. The Labute approximate surface area is 150 Å². The molecule has 0 bridgehead atoms. The van der Waals surface area contributed by atoms with Gasteiger partial charge in [-0.15, -0.1) is 0 Å². The average Bonchev–Trinajstić information content (AvgIpc) is 2.53. The number of piperidine rings is 1. The number of benzene rings is 1. The minimum atomic E-state index is -0.382. The van der Waals surface area contributed by atoms with E-state index in [-0.39, 0.29) is 29.9 Å². The van der Waals surface area contributed by atoms with E-state index in [9.17, 15) is 9.59 Å². The number of aryl methyl sites for hydroxylation is 2. The minimum absolute atomic E-state index is 0.000530. The highest BCUT2D eigenvalue weighted by Crippen LogP contribution is 2.19. The zero-order chi connectivity index (χ0) is 18.6. The first-order valence-electron chi connectivity index (χ1n) is 8.95. The molecule has 138 valence electrons. The van der Waals surface area contributed by atoms with Gasteiger partial charge in [-0.1, -0.05) is 38.5 Å². The number of nitrogens with zero attached hydrogens (tertiary/aromatic N) is 1. The van der Waals surface area contributed by atoms with Gasteiger partial charge < -0.3 is 15.0 Å². The Hall–Kier alpha value is -2.04. The quantitative estimate of drug-likeness (QED) is 0.912. The lowest BCUT2D eigenvalue weighted by atomic mass is 9.94. The number of nitrogens with one attached hydrogen (secondary N) is 1. The van der Waals surface area contributed by atoms with Crippen molar-refractivity contribution >= 4 is 11.8 Å². The van der Waals surface area contributed by atoms with E-state index in [1.54, 1.807) is 0 Å². The van der Waals surface area contributed by atoms with Crippen molar-refractivity contribution in [2.75, 3.05) is 19.7 Å². The van der Waals surface area contributed by atoms with E-state index in [1.165, 1.54) is 5.56 Å². The lowest BCUT2D eigenvalue weighted by Gasteiger charge is -2.33. The third-order valence-corrected chi connectivity index (χ3v) is 4.55. The van der Waals surface area contributed by atoms with Gasteiger partial charge in [0.25, 0.3) is 5.91 Å². The van der Waals surface area contributed by atoms with Gasteiger partial charge in [-0.3, -0.25) is 9.59 Å². The SMILES string of the molecule is Cc1ccc(OCC(=O)N2CCC(NC(=O)C(C)(C)C)CC2)c(C)c1. The summed E-state index contributed by atoms with van der Waals surface area (Å²) in [5.41, 5.74) is 1.83. The van der Waals surface area contributed by atoms with Crippen LogP contribution in [0.25, 0.3) is 0 Å². The first kappa shape index (κ1) is 19.3. The van der Waals surface area contributed by atoms with Crippen molar-refractivity contribution in [3.63, 3.8) is 0 Å². The molecule has 0 radical (unpaired) electrons. The highest BCUT2D eigenvalue weighted by atomic mass is 16.5. The van der Waals surface area contributed by atoms with E-state index in [1.807, 2.05) is 57.7 Å². The maximum atomic E-state index is 12.4. The summed E-state index contributed by atoms with van der Waals surface area (Å²) in [6, 6.07) is 6.09. The predicted molar refractivity (Wildman–Crippen MR) is 98.6 cm³/mol. The fourth-order valence-electron chi connectivity index (χ4n) is 2.87. The molecule has 1 aliphatic rings. The van der Waals surface area contributed by atoms with E-state index in [0.29, 0.717) is 13.1 Å². The molecule has 25 heavy (non-hydrogen) atoms. The van der Waals surface area contributed by atoms with Gasteiger partial charge in [-0.25, -0.2) is 0 Å². The van der Waals surface area contributed by atoms with Crippen LogP contribution in [0.5, 0.6) is 5.75 Å². The number of likely N-dealkylation sites (tertiary alicyclic amines) is 1. The van der Waals surface area contributed by atoms with Crippen LogP contribution in [0.4, 0.5) is 0 Å². The molecule has 0 aliphatic carbocycles. The van der Waals surface area contributed by atoms with Crippen LogP contribution >= 0.6 is 0 Å². The van der Waals surface area contributed by atoms with Crippen LogP contribution in [0.2, 0.25) is 0 Å². The molecule has 2 rings (SSSR count). The van der Waals surface area contributed by atoms with Gasteiger partial charge in [0, 0.05) is 24.5 Å². The summed E-state index contributed by atoms with van der Waals surface area (Å²) in [6.07, 6.45) is 1.58. The zero-order valence-electron chi connectivity index (χ0n) is 16.0. The molecule has 0 spiro atoms. The summed E-state index contributed by atoms with van der Waals surface area (Å²) in [7, 11) is 0. The van der Waals surface area contributed by atoms with E-state index < -0.39 is 0 Å². The van der Waals surface area contributed by atoms with Crippen molar-refractivity contribution in [2.45, 2.75) is 53.5 Å². The van der Waals surface area contributed by atoms with Gasteiger partial charge in [0.2, 0.25) is 5.91 Å². The minimum Gasteiger partial charge on any atom is -0.484 e. The maximum absolute atomic E-state index is 12.4. The lowest BCUT2D eigenvalue weighted by molar-refractivity contribution is -0.134. The molecule has 1 heterocycles. The van der Waals surface area contributed by atoms with Crippen molar-refractivity contribution in [3.05, 3.63) is 29.3 Å². The third kappa shape index (κ3) is 5.48. The first-order chi connectivity index (χ1) is 11.7. The van der Waals surface area contributed by atoms with Gasteiger partial charge >= 0.3 is 0 Å². The smallest absolute Gasteiger partial charge is 0.260 e. The van der Waals surface area contributed by atoms with E-state index >= 15 is 0 Å². The Kier molecular flexibility index (Phi) is 6.09. The summed E-state index contributed by atoms with van der Waals surface area (Å²) in [6.45, 7) is 11.1. The number of hydrogen-bond donors (Lipinski definition) is 1. The van der Waals surface area contributed by atoms with Gasteiger partial charge in [-0.2, -0.15) is 0 Å². The summed E-state index contributed by atoms with van der Waals surface area (Å²) in [4.78, 5) is 26.2. The van der Waals surface area contributed by atoms with Crippen LogP contribution in [0.1, 0.15) is 44.7 Å². The van der Waals surface area contributed by atoms with Crippen LogP contribution < -0.4 is 10.1 Å². The van der Waals surface area contributed by atoms with Crippen molar-refractivity contribution in [1.82, 2.24) is 10.2 Å². The average molecular weight is 346 g/mol. The van der Waals surface area contributed by atoms with Gasteiger partial charge in [-0.05, 0) is 38.3 Å². The molecule has 5 heteroatoms. The fourth-order valence-corrected chi connectivity index (χ4v) is 2.87. The molecule has 0 atom stereocenters. The van der Waals surface area contributed by atoms with Crippen molar-refractivity contribution in [3.8, 4) is 5.75 Å². The molecular weight excluding hydrogens is 316 g/mol. The number of rotatable bonds is 4. The van der Waals surface area contributed by atoms with Crippen LogP contribution in [0, 0.1) is 19.3 Å². The summed E-state index contributed by atoms with van der Waals surface area (Å²) < 4.78 is 5.68. The Morgan fingerprint density at radius 1 is 1.20 bits per heavy atom. The Balaban J connectivity index is 1.78. The Bertz CT molecular complexity index is 626. The van der Waals surface area contributed by atoms with Crippen LogP contribution in [-0.2, 0) is 9.59 Å². The molecular formula is C20H30N2O3. The molecule has 2 amide bonds.